The number of carboxylic acid groups (broad SMARTS) is 1. The van der Waals surface area contributed by atoms with Gasteiger partial charge in [-0.2, -0.15) is 12.6 Å². The van der Waals surface area contributed by atoms with Crippen molar-refractivity contribution < 1.29 is 49.2 Å². The Bertz CT molecular complexity index is 874. The largest absolute Gasteiger partial charge is 0.480 e. The molecular weight excluding hydrogens is 540 g/mol. The molecule has 0 aliphatic carbocycles. The summed E-state index contributed by atoms with van der Waals surface area (Å²) in [5.41, 5.74) is 5.62. The van der Waals surface area contributed by atoms with Crippen molar-refractivity contribution in [2.45, 2.75) is 76.5 Å². The molecule has 0 aromatic rings. The third-order valence-corrected chi connectivity index (χ3v) is 5.71. The number of thiol groups is 1. The molecule has 7 atom stereocenters. The van der Waals surface area contributed by atoms with Gasteiger partial charge in [-0.1, -0.05) is 13.8 Å². The summed E-state index contributed by atoms with van der Waals surface area (Å²) in [6.07, 6.45) is -0.978. The van der Waals surface area contributed by atoms with Crippen LogP contribution >= 0.6 is 12.6 Å². The summed E-state index contributed by atoms with van der Waals surface area (Å²) in [6.45, 7) is 4.34. The predicted octanol–water partition coefficient (Wildman–Crippen LogP) is -4.82. The van der Waals surface area contributed by atoms with Crippen molar-refractivity contribution in [2.24, 2.45) is 11.7 Å². The smallest absolute Gasteiger partial charge is 0.328 e. The van der Waals surface area contributed by atoms with E-state index in [1.807, 2.05) is 5.32 Å². The van der Waals surface area contributed by atoms with E-state index in [0.29, 0.717) is 0 Å². The van der Waals surface area contributed by atoms with E-state index in [0.717, 1.165) is 0 Å². The molecule has 7 unspecified atom stereocenters. The molecule has 0 radical (unpaired) electrons. The molecule has 0 spiro atoms. The molecule has 0 aliphatic rings. The van der Waals surface area contributed by atoms with Crippen LogP contribution in [0.1, 0.15) is 34.1 Å². The highest BCUT2D eigenvalue weighted by atomic mass is 32.1. The molecule has 5 amide bonds. The fraction of sp³-hybridized carbons (Fsp3) is 0.727. The summed E-state index contributed by atoms with van der Waals surface area (Å²) < 4.78 is 0. The van der Waals surface area contributed by atoms with E-state index in [4.69, 9.17) is 15.9 Å². The van der Waals surface area contributed by atoms with E-state index in [9.17, 15) is 39.0 Å². The van der Waals surface area contributed by atoms with Crippen LogP contribution in [0.15, 0.2) is 0 Å². The van der Waals surface area contributed by atoms with Gasteiger partial charge in [0.2, 0.25) is 29.5 Å². The number of aliphatic hydroxyl groups excluding tert-OH is 3. The molecule has 16 nitrogen and oxygen atoms in total. The average molecular weight is 581 g/mol. The molecule has 17 heteroatoms. The van der Waals surface area contributed by atoms with E-state index >= 15 is 0 Å². The van der Waals surface area contributed by atoms with Gasteiger partial charge < -0.3 is 52.7 Å². The summed E-state index contributed by atoms with van der Waals surface area (Å²) in [4.78, 5) is 73.4. The average Bonchev–Trinajstić information content (AvgIpc) is 2.86. The SMILES string of the molecule is CC(C)CC(NC(=O)C(N)C(C)O)C(=O)NC(CS)C(=O)NC(C)C(=O)NC(CO)C(=O)NC(CO)C(=O)O. The Morgan fingerprint density at radius 1 is 0.692 bits per heavy atom. The van der Waals surface area contributed by atoms with Gasteiger partial charge in [-0.25, -0.2) is 4.79 Å². The van der Waals surface area contributed by atoms with E-state index in [1.54, 1.807) is 13.8 Å². The number of hydrogen-bond acceptors (Lipinski definition) is 11. The molecule has 0 rings (SSSR count). The van der Waals surface area contributed by atoms with Crippen molar-refractivity contribution in [3.05, 3.63) is 0 Å². The Balaban J connectivity index is 5.27. The van der Waals surface area contributed by atoms with Crippen LogP contribution in [-0.4, -0.2) is 117 Å². The van der Waals surface area contributed by atoms with Crippen molar-refractivity contribution in [1.82, 2.24) is 26.6 Å². The van der Waals surface area contributed by atoms with Gasteiger partial charge >= 0.3 is 5.97 Å². The molecule has 0 aromatic heterocycles. The second-order valence-corrected chi connectivity index (χ2v) is 9.62. The molecule has 224 valence electrons. The molecule has 0 heterocycles. The number of carboxylic acids is 1. The van der Waals surface area contributed by atoms with Gasteiger partial charge in [0.25, 0.3) is 0 Å². The predicted molar refractivity (Wildman–Crippen MR) is 140 cm³/mol. The summed E-state index contributed by atoms with van der Waals surface area (Å²) >= 11 is 4.06. The first-order valence-electron chi connectivity index (χ1n) is 12.1. The van der Waals surface area contributed by atoms with Crippen LogP contribution in [-0.2, 0) is 28.8 Å². The Morgan fingerprint density at radius 2 is 1.13 bits per heavy atom. The maximum absolute atomic E-state index is 12.9. The summed E-state index contributed by atoms with van der Waals surface area (Å²) in [5, 5.41) is 48.2. The number of hydrogen-bond donors (Lipinski definition) is 11. The third-order valence-electron chi connectivity index (χ3n) is 5.34. The van der Waals surface area contributed by atoms with Crippen LogP contribution < -0.4 is 32.3 Å². The van der Waals surface area contributed by atoms with Crippen molar-refractivity contribution in [2.75, 3.05) is 19.0 Å². The van der Waals surface area contributed by atoms with Crippen LogP contribution in [0.2, 0.25) is 0 Å². The summed E-state index contributed by atoms with van der Waals surface area (Å²) in [6, 6.07) is -8.13. The van der Waals surface area contributed by atoms with Crippen LogP contribution in [0.3, 0.4) is 0 Å². The highest BCUT2D eigenvalue weighted by Crippen LogP contribution is 2.07. The zero-order valence-electron chi connectivity index (χ0n) is 22.2. The minimum Gasteiger partial charge on any atom is -0.480 e. The highest BCUT2D eigenvalue weighted by Gasteiger charge is 2.31. The Kier molecular flexibility index (Phi) is 16.2. The van der Waals surface area contributed by atoms with Crippen LogP contribution in [0.4, 0.5) is 0 Å². The lowest BCUT2D eigenvalue weighted by Gasteiger charge is -2.26. The lowest BCUT2D eigenvalue weighted by Crippen LogP contribution is -2.60. The molecule has 0 saturated carbocycles. The fourth-order valence-electron chi connectivity index (χ4n) is 2.98. The van der Waals surface area contributed by atoms with E-state index < -0.39 is 91.1 Å². The molecule has 0 fully saturated rings. The number of carbonyl (C=O) groups excluding carboxylic acids is 5. The first kappa shape index (κ1) is 36.0. The molecule has 39 heavy (non-hydrogen) atoms. The second-order valence-electron chi connectivity index (χ2n) is 9.26. The molecule has 11 N–H and O–H groups in total. The fourth-order valence-corrected chi connectivity index (χ4v) is 3.24. The zero-order chi connectivity index (χ0) is 30.4. The Hall–Kier alpha value is -2.99. The topological polar surface area (TPSA) is 270 Å². The number of amides is 5. The summed E-state index contributed by atoms with van der Waals surface area (Å²) in [5.74, 6) is -6.09. The summed E-state index contributed by atoms with van der Waals surface area (Å²) in [7, 11) is 0. The maximum Gasteiger partial charge on any atom is 0.328 e. The number of nitrogens with one attached hydrogen (secondary N) is 5. The Labute approximate surface area is 231 Å². The van der Waals surface area contributed by atoms with E-state index in [2.05, 4.69) is 33.9 Å². The first-order chi connectivity index (χ1) is 18.1. The van der Waals surface area contributed by atoms with E-state index in [1.165, 1.54) is 13.8 Å². The van der Waals surface area contributed by atoms with Gasteiger partial charge in [-0.3, -0.25) is 24.0 Å². The molecule has 0 saturated heterocycles. The normalized spacial score (nSPS) is 16.5. The van der Waals surface area contributed by atoms with Gasteiger partial charge in [-0.15, -0.1) is 0 Å². The first-order valence-corrected chi connectivity index (χ1v) is 12.7. The van der Waals surface area contributed by atoms with Crippen molar-refractivity contribution in [3.8, 4) is 0 Å². The molecular formula is C22H40N6O10S. The van der Waals surface area contributed by atoms with Crippen molar-refractivity contribution in [1.29, 1.82) is 0 Å². The van der Waals surface area contributed by atoms with Crippen LogP contribution in [0.5, 0.6) is 0 Å². The van der Waals surface area contributed by atoms with Crippen molar-refractivity contribution >= 4 is 48.1 Å². The van der Waals surface area contributed by atoms with Gasteiger partial charge in [0.15, 0.2) is 0 Å². The van der Waals surface area contributed by atoms with E-state index in [-0.39, 0.29) is 18.1 Å². The van der Waals surface area contributed by atoms with Gasteiger partial charge in [0, 0.05) is 5.75 Å². The van der Waals surface area contributed by atoms with Gasteiger partial charge in [0.1, 0.15) is 36.3 Å². The number of carbonyl (C=O) groups is 6. The van der Waals surface area contributed by atoms with Crippen LogP contribution in [0, 0.1) is 5.92 Å². The van der Waals surface area contributed by atoms with Gasteiger partial charge in [-0.05, 0) is 26.2 Å². The standard InChI is InChI=1S/C22H40N6O10S/c1-9(2)5-12(25-21(36)16(23)11(4)31)18(33)28-15(8-39)20(35)24-10(3)17(32)26-13(6-29)19(34)27-14(7-30)22(37)38/h9-16,29-31,39H,5-8,23H2,1-4H3,(H,24,35)(H,25,36)(H,26,32)(H,27,34)(H,28,33)(H,37,38). The van der Waals surface area contributed by atoms with Gasteiger partial charge in [0.05, 0.1) is 19.3 Å². The number of rotatable bonds is 17. The minimum atomic E-state index is -1.66. The minimum absolute atomic E-state index is 0.0457. The molecule has 0 aromatic carbocycles. The number of aliphatic hydroxyl groups is 3. The Morgan fingerprint density at radius 3 is 1.56 bits per heavy atom. The monoisotopic (exact) mass is 580 g/mol. The molecule has 0 bridgehead atoms. The number of aliphatic carboxylic acids is 1. The molecule has 0 aliphatic heterocycles. The number of nitrogens with two attached hydrogens (primary N) is 1. The lowest BCUT2D eigenvalue weighted by atomic mass is 10.0. The zero-order valence-corrected chi connectivity index (χ0v) is 23.1. The third kappa shape index (κ3) is 12.6. The van der Waals surface area contributed by atoms with Crippen molar-refractivity contribution in [3.63, 3.8) is 0 Å². The maximum atomic E-state index is 12.9. The highest BCUT2D eigenvalue weighted by molar-refractivity contribution is 7.80. The quantitative estimate of drug-likeness (QED) is 0.0726. The van der Waals surface area contributed by atoms with Crippen LogP contribution in [0.25, 0.3) is 0 Å². The second kappa shape index (κ2) is 17.6. The lowest BCUT2D eigenvalue weighted by molar-refractivity contribution is -0.143.